The topological polar surface area (TPSA) is 84.4 Å². The van der Waals surface area contributed by atoms with Crippen molar-refractivity contribution in [3.8, 4) is 0 Å². The van der Waals surface area contributed by atoms with Crippen LogP contribution in [0.5, 0.6) is 0 Å². The number of aliphatic hydroxyl groups is 1. The van der Waals surface area contributed by atoms with Gasteiger partial charge in [-0.1, -0.05) is 0 Å². The molecule has 0 aromatic carbocycles. The highest BCUT2D eigenvalue weighted by Crippen LogP contribution is 2.14. The summed E-state index contributed by atoms with van der Waals surface area (Å²) in [5, 5.41) is 12.7. The summed E-state index contributed by atoms with van der Waals surface area (Å²) in [4.78, 5) is 12.9. The Kier molecular flexibility index (Phi) is 5.02. The Morgan fingerprint density at radius 2 is 2.33 bits per heavy atom. The fourth-order valence-electron chi connectivity index (χ4n) is 1.59. The van der Waals surface area contributed by atoms with Crippen LogP contribution in [0.25, 0.3) is 0 Å². The van der Waals surface area contributed by atoms with Crippen molar-refractivity contribution in [3.63, 3.8) is 0 Å². The lowest BCUT2D eigenvalue weighted by molar-refractivity contribution is 0.0500. The summed E-state index contributed by atoms with van der Waals surface area (Å²) in [6.45, 7) is 0.858. The molecule has 18 heavy (non-hydrogen) atoms. The summed E-state index contributed by atoms with van der Waals surface area (Å²) in [5.41, 5.74) is 5.82. The number of nitrogen functional groups attached to an aromatic ring is 1. The Labute approximate surface area is 103 Å². The molecular formula is C10H16F2N4O2. The van der Waals surface area contributed by atoms with Crippen molar-refractivity contribution >= 4 is 11.6 Å². The van der Waals surface area contributed by atoms with E-state index in [4.69, 9.17) is 10.8 Å². The SMILES string of the molecule is CCn1ncc(N)c1C(=O)N(CCO)CC(F)F. The Bertz CT molecular complexity index is 409. The van der Waals surface area contributed by atoms with Gasteiger partial charge in [-0.15, -0.1) is 0 Å². The Balaban J connectivity index is 2.97. The monoisotopic (exact) mass is 262 g/mol. The van der Waals surface area contributed by atoms with Gasteiger partial charge >= 0.3 is 0 Å². The zero-order valence-electron chi connectivity index (χ0n) is 10.0. The van der Waals surface area contributed by atoms with Crippen LogP contribution in [0.1, 0.15) is 17.4 Å². The molecule has 1 aromatic heterocycles. The van der Waals surface area contributed by atoms with E-state index in [-0.39, 0.29) is 17.9 Å². The highest BCUT2D eigenvalue weighted by Gasteiger charge is 2.24. The van der Waals surface area contributed by atoms with Gasteiger partial charge in [-0.25, -0.2) is 8.78 Å². The van der Waals surface area contributed by atoms with E-state index in [0.717, 1.165) is 4.90 Å². The van der Waals surface area contributed by atoms with Crippen molar-refractivity contribution in [2.75, 3.05) is 25.4 Å². The molecular weight excluding hydrogens is 246 g/mol. The number of halogens is 2. The number of aromatic nitrogens is 2. The molecule has 0 unspecified atom stereocenters. The molecule has 102 valence electrons. The maximum absolute atomic E-state index is 12.4. The van der Waals surface area contributed by atoms with Crippen molar-refractivity contribution in [2.45, 2.75) is 19.9 Å². The number of anilines is 1. The van der Waals surface area contributed by atoms with Crippen molar-refractivity contribution in [1.82, 2.24) is 14.7 Å². The summed E-state index contributed by atoms with van der Waals surface area (Å²) in [7, 11) is 0. The molecule has 1 heterocycles. The number of aryl methyl sites for hydroxylation is 1. The largest absolute Gasteiger partial charge is 0.396 e. The standard InChI is InChI=1S/C10H16F2N4O2/c1-2-16-9(7(13)5-14-16)10(18)15(3-4-17)6-8(11)12/h5,8,17H,2-4,6,13H2,1H3. The average Bonchev–Trinajstić information content (AvgIpc) is 2.68. The molecule has 0 spiro atoms. The molecule has 8 heteroatoms. The number of hydrogen-bond donors (Lipinski definition) is 2. The quantitative estimate of drug-likeness (QED) is 0.766. The lowest BCUT2D eigenvalue weighted by atomic mass is 10.3. The van der Waals surface area contributed by atoms with E-state index < -0.39 is 25.5 Å². The Morgan fingerprint density at radius 1 is 1.67 bits per heavy atom. The summed E-state index contributed by atoms with van der Waals surface area (Å²) in [5.74, 6) is -0.652. The van der Waals surface area contributed by atoms with E-state index in [2.05, 4.69) is 5.10 Å². The van der Waals surface area contributed by atoms with Crippen LogP contribution < -0.4 is 5.73 Å². The predicted octanol–water partition coefficient (Wildman–Crippen LogP) is 0.185. The molecule has 0 radical (unpaired) electrons. The van der Waals surface area contributed by atoms with Crippen LogP contribution in [-0.4, -0.2) is 51.8 Å². The van der Waals surface area contributed by atoms with Crippen molar-refractivity contribution in [1.29, 1.82) is 0 Å². The maximum Gasteiger partial charge on any atom is 0.274 e. The molecule has 0 bridgehead atoms. The molecule has 0 saturated heterocycles. The second kappa shape index (κ2) is 6.29. The number of alkyl halides is 2. The summed E-state index contributed by atoms with van der Waals surface area (Å²) >= 11 is 0. The van der Waals surface area contributed by atoms with Gasteiger partial charge in [0.05, 0.1) is 25.0 Å². The first-order valence-electron chi connectivity index (χ1n) is 5.50. The molecule has 0 fully saturated rings. The average molecular weight is 262 g/mol. The van der Waals surface area contributed by atoms with Crippen molar-refractivity contribution < 1.29 is 18.7 Å². The second-order valence-corrected chi connectivity index (χ2v) is 3.63. The van der Waals surface area contributed by atoms with Crippen LogP contribution in [0.2, 0.25) is 0 Å². The number of amides is 1. The smallest absolute Gasteiger partial charge is 0.274 e. The van der Waals surface area contributed by atoms with Gasteiger partial charge in [0, 0.05) is 13.1 Å². The van der Waals surface area contributed by atoms with Crippen LogP contribution in [0.4, 0.5) is 14.5 Å². The van der Waals surface area contributed by atoms with E-state index in [9.17, 15) is 13.6 Å². The number of nitrogens with zero attached hydrogens (tertiary/aromatic N) is 3. The first-order chi connectivity index (χ1) is 8.51. The molecule has 1 rings (SSSR count). The van der Waals surface area contributed by atoms with Crippen LogP contribution in [0, 0.1) is 0 Å². The van der Waals surface area contributed by atoms with E-state index in [1.165, 1.54) is 10.9 Å². The van der Waals surface area contributed by atoms with Gasteiger partial charge in [-0.3, -0.25) is 9.48 Å². The first-order valence-corrected chi connectivity index (χ1v) is 5.50. The van der Waals surface area contributed by atoms with Crippen LogP contribution in [-0.2, 0) is 6.54 Å². The van der Waals surface area contributed by atoms with E-state index >= 15 is 0 Å². The van der Waals surface area contributed by atoms with Gasteiger partial charge in [-0.05, 0) is 6.92 Å². The zero-order chi connectivity index (χ0) is 13.7. The number of carbonyl (C=O) groups excluding carboxylic acids is 1. The zero-order valence-corrected chi connectivity index (χ0v) is 10.0. The molecule has 0 saturated carbocycles. The van der Waals surface area contributed by atoms with Gasteiger partial charge in [0.1, 0.15) is 5.69 Å². The Morgan fingerprint density at radius 3 is 2.83 bits per heavy atom. The van der Waals surface area contributed by atoms with Gasteiger partial charge in [0.2, 0.25) is 0 Å². The van der Waals surface area contributed by atoms with Crippen molar-refractivity contribution in [3.05, 3.63) is 11.9 Å². The molecule has 6 nitrogen and oxygen atoms in total. The van der Waals surface area contributed by atoms with E-state index in [0.29, 0.717) is 6.54 Å². The number of hydrogen-bond acceptors (Lipinski definition) is 4. The van der Waals surface area contributed by atoms with Crippen molar-refractivity contribution in [2.24, 2.45) is 0 Å². The van der Waals surface area contributed by atoms with Gasteiger partial charge in [-0.2, -0.15) is 5.10 Å². The molecule has 0 aliphatic rings. The third kappa shape index (κ3) is 3.16. The predicted molar refractivity (Wildman–Crippen MR) is 61.3 cm³/mol. The molecule has 0 aliphatic heterocycles. The van der Waals surface area contributed by atoms with Crippen LogP contribution >= 0.6 is 0 Å². The van der Waals surface area contributed by atoms with Gasteiger partial charge < -0.3 is 15.7 Å². The highest BCUT2D eigenvalue weighted by molar-refractivity contribution is 5.97. The number of nitrogens with two attached hydrogens (primary N) is 1. The minimum atomic E-state index is -2.67. The summed E-state index contributed by atoms with van der Waals surface area (Å²) in [6.07, 6.45) is -1.37. The third-order valence-electron chi connectivity index (χ3n) is 2.39. The van der Waals surface area contributed by atoms with Crippen LogP contribution in [0.3, 0.4) is 0 Å². The molecule has 3 N–H and O–H groups in total. The minimum Gasteiger partial charge on any atom is -0.396 e. The highest BCUT2D eigenvalue weighted by atomic mass is 19.3. The number of carbonyl (C=O) groups is 1. The summed E-state index contributed by atoms with van der Waals surface area (Å²) < 4.78 is 26.1. The van der Waals surface area contributed by atoms with E-state index in [1.807, 2.05) is 0 Å². The normalized spacial score (nSPS) is 10.9. The number of aliphatic hydroxyl groups excluding tert-OH is 1. The van der Waals surface area contributed by atoms with Gasteiger partial charge in [0.15, 0.2) is 0 Å². The third-order valence-corrected chi connectivity index (χ3v) is 2.39. The van der Waals surface area contributed by atoms with E-state index in [1.54, 1.807) is 6.92 Å². The van der Waals surface area contributed by atoms with Gasteiger partial charge in [0.25, 0.3) is 12.3 Å². The summed E-state index contributed by atoms with van der Waals surface area (Å²) in [6, 6.07) is 0. The molecule has 1 amide bonds. The minimum absolute atomic E-state index is 0.0756. The number of rotatable bonds is 6. The van der Waals surface area contributed by atoms with Crippen LogP contribution in [0.15, 0.2) is 6.20 Å². The fourth-order valence-corrected chi connectivity index (χ4v) is 1.59. The molecule has 0 aliphatic carbocycles. The molecule has 0 atom stereocenters. The molecule has 1 aromatic rings. The fraction of sp³-hybridized carbons (Fsp3) is 0.600. The second-order valence-electron chi connectivity index (χ2n) is 3.63. The lowest BCUT2D eigenvalue weighted by Crippen LogP contribution is -2.38. The Hall–Kier alpha value is -1.70. The maximum atomic E-state index is 12.4. The first kappa shape index (κ1) is 14.4. The lowest BCUT2D eigenvalue weighted by Gasteiger charge is -2.21.